The molecule has 1 aromatic carbocycles. The van der Waals surface area contributed by atoms with Crippen LogP contribution in [0.4, 0.5) is 5.69 Å². The minimum Gasteiger partial charge on any atom is -0.495 e. The fourth-order valence-corrected chi connectivity index (χ4v) is 1.16. The lowest BCUT2D eigenvalue weighted by atomic mass is 10.1. The zero-order valence-corrected chi connectivity index (χ0v) is 7.62. The third kappa shape index (κ3) is 2.47. The fourth-order valence-electron chi connectivity index (χ4n) is 1.16. The maximum absolute atomic E-state index is 10.1. The quantitative estimate of drug-likeness (QED) is 0.561. The number of carbonyl (C=O) groups is 1. The second-order valence-corrected chi connectivity index (χ2v) is 2.78. The van der Waals surface area contributed by atoms with Crippen molar-refractivity contribution in [1.29, 1.82) is 0 Å². The summed E-state index contributed by atoms with van der Waals surface area (Å²) in [6.07, 6.45) is 2.17. The average Bonchev–Trinajstić information content (AvgIpc) is 2.15. The highest BCUT2D eigenvalue weighted by Gasteiger charge is 1.99. The van der Waals surface area contributed by atoms with E-state index in [1.807, 2.05) is 18.2 Å². The summed E-state index contributed by atoms with van der Waals surface area (Å²) < 4.78 is 5.01. The van der Waals surface area contributed by atoms with Crippen LogP contribution in [0, 0.1) is 0 Å². The Morgan fingerprint density at radius 2 is 2.31 bits per heavy atom. The van der Waals surface area contributed by atoms with Gasteiger partial charge >= 0.3 is 0 Å². The molecule has 0 aliphatic rings. The van der Waals surface area contributed by atoms with E-state index in [9.17, 15) is 4.79 Å². The molecule has 0 saturated carbocycles. The van der Waals surface area contributed by atoms with Crippen molar-refractivity contribution in [1.82, 2.24) is 0 Å². The molecule has 0 aromatic heterocycles. The molecule has 0 amide bonds. The van der Waals surface area contributed by atoms with E-state index in [1.165, 1.54) is 0 Å². The Kier molecular flexibility index (Phi) is 3.31. The maximum atomic E-state index is 10.1. The van der Waals surface area contributed by atoms with E-state index in [2.05, 4.69) is 0 Å². The van der Waals surface area contributed by atoms with Gasteiger partial charge in [-0.1, -0.05) is 6.07 Å². The third-order valence-corrected chi connectivity index (χ3v) is 1.84. The maximum Gasteiger partial charge on any atom is 0.141 e. The number of anilines is 1. The van der Waals surface area contributed by atoms with E-state index in [0.717, 1.165) is 18.3 Å². The molecule has 70 valence electrons. The molecule has 0 radical (unpaired) electrons. The predicted molar refractivity (Wildman–Crippen MR) is 51.8 cm³/mol. The molecule has 3 nitrogen and oxygen atoms in total. The zero-order chi connectivity index (χ0) is 9.68. The summed E-state index contributed by atoms with van der Waals surface area (Å²) in [5.74, 6) is 0.676. The number of ether oxygens (including phenoxy) is 1. The molecule has 0 heterocycles. The largest absolute Gasteiger partial charge is 0.495 e. The van der Waals surface area contributed by atoms with Gasteiger partial charge in [0.2, 0.25) is 0 Å². The number of rotatable bonds is 4. The second kappa shape index (κ2) is 4.50. The number of aldehydes is 1. The molecule has 0 fully saturated rings. The van der Waals surface area contributed by atoms with Crippen LogP contribution in [-0.2, 0) is 11.2 Å². The number of hydrogen-bond acceptors (Lipinski definition) is 3. The Hall–Kier alpha value is -1.51. The number of nitrogen functional groups attached to an aromatic ring is 1. The van der Waals surface area contributed by atoms with E-state index in [0.29, 0.717) is 17.9 Å². The van der Waals surface area contributed by atoms with Crippen molar-refractivity contribution in [3.63, 3.8) is 0 Å². The van der Waals surface area contributed by atoms with Crippen LogP contribution in [0.3, 0.4) is 0 Å². The second-order valence-electron chi connectivity index (χ2n) is 2.78. The van der Waals surface area contributed by atoms with Crippen molar-refractivity contribution < 1.29 is 9.53 Å². The SMILES string of the molecule is COc1ccc(CCC=O)cc1N. The van der Waals surface area contributed by atoms with E-state index in [1.54, 1.807) is 7.11 Å². The van der Waals surface area contributed by atoms with Crippen molar-refractivity contribution in [2.75, 3.05) is 12.8 Å². The number of carbonyl (C=O) groups excluding carboxylic acids is 1. The van der Waals surface area contributed by atoms with Gasteiger partial charge in [0.25, 0.3) is 0 Å². The van der Waals surface area contributed by atoms with Crippen LogP contribution in [0.15, 0.2) is 18.2 Å². The fraction of sp³-hybridized carbons (Fsp3) is 0.300. The molecular formula is C10H13NO2. The van der Waals surface area contributed by atoms with Crippen molar-refractivity contribution >= 4 is 12.0 Å². The van der Waals surface area contributed by atoms with Gasteiger partial charge in [-0.15, -0.1) is 0 Å². The average molecular weight is 179 g/mol. The first-order chi connectivity index (χ1) is 6.27. The number of aryl methyl sites for hydroxylation is 1. The van der Waals surface area contributed by atoms with E-state index in [-0.39, 0.29) is 0 Å². The predicted octanol–water partition coefficient (Wildman–Crippen LogP) is 1.41. The highest BCUT2D eigenvalue weighted by atomic mass is 16.5. The summed E-state index contributed by atoms with van der Waals surface area (Å²) in [5.41, 5.74) is 7.37. The molecule has 0 saturated heterocycles. The Morgan fingerprint density at radius 1 is 1.54 bits per heavy atom. The topological polar surface area (TPSA) is 52.3 Å². The summed E-state index contributed by atoms with van der Waals surface area (Å²) in [6, 6.07) is 5.57. The minimum atomic E-state index is 0.534. The number of methoxy groups -OCH3 is 1. The smallest absolute Gasteiger partial charge is 0.141 e. The van der Waals surface area contributed by atoms with Gasteiger partial charge in [0.15, 0.2) is 0 Å². The molecule has 1 rings (SSSR count). The van der Waals surface area contributed by atoms with E-state index >= 15 is 0 Å². The van der Waals surface area contributed by atoms with E-state index < -0.39 is 0 Å². The van der Waals surface area contributed by atoms with Gasteiger partial charge in [0.05, 0.1) is 12.8 Å². The standard InChI is InChI=1S/C10H13NO2/c1-13-10-5-4-8(3-2-6-12)7-9(10)11/h4-7H,2-3,11H2,1H3. The summed E-state index contributed by atoms with van der Waals surface area (Å²) in [6.45, 7) is 0. The Morgan fingerprint density at radius 3 is 2.85 bits per heavy atom. The number of benzene rings is 1. The molecule has 0 unspecified atom stereocenters. The van der Waals surface area contributed by atoms with Crippen molar-refractivity contribution in [3.8, 4) is 5.75 Å². The van der Waals surface area contributed by atoms with Gasteiger partial charge in [0, 0.05) is 6.42 Å². The molecule has 13 heavy (non-hydrogen) atoms. The Labute approximate surface area is 77.5 Å². The molecular weight excluding hydrogens is 166 g/mol. The first-order valence-corrected chi connectivity index (χ1v) is 4.14. The lowest BCUT2D eigenvalue weighted by Gasteiger charge is -2.05. The van der Waals surface area contributed by atoms with Gasteiger partial charge in [-0.05, 0) is 24.1 Å². The Bertz CT molecular complexity index is 297. The highest BCUT2D eigenvalue weighted by molar-refractivity contribution is 5.55. The van der Waals surface area contributed by atoms with Gasteiger partial charge in [-0.2, -0.15) is 0 Å². The van der Waals surface area contributed by atoms with E-state index in [4.69, 9.17) is 10.5 Å². The van der Waals surface area contributed by atoms with Crippen molar-refractivity contribution in [3.05, 3.63) is 23.8 Å². The molecule has 0 aliphatic heterocycles. The summed E-state index contributed by atoms with van der Waals surface area (Å²) >= 11 is 0. The van der Waals surface area contributed by atoms with Crippen LogP contribution in [0.1, 0.15) is 12.0 Å². The van der Waals surface area contributed by atoms with Crippen LogP contribution in [-0.4, -0.2) is 13.4 Å². The van der Waals surface area contributed by atoms with Crippen molar-refractivity contribution in [2.24, 2.45) is 0 Å². The molecule has 2 N–H and O–H groups in total. The molecule has 0 spiro atoms. The zero-order valence-electron chi connectivity index (χ0n) is 7.62. The first kappa shape index (κ1) is 9.58. The van der Waals surface area contributed by atoms with Crippen LogP contribution in [0.25, 0.3) is 0 Å². The number of hydrogen-bond donors (Lipinski definition) is 1. The monoisotopic (exact) mass is 179 g/mol. The van der Waals surface area contributed by atoms with Gasteiger partial charge in [0.1, 0.15) is 12.0 Å². The van der Waals surface area contributed by atoms with Crippen LogP contribution >= 0.6 is 0 Å². The van der Waals surface area contributed by atoms with Crippen LogP contribution in [0.5, 0.6) is 5.75 Å². The first-order valence-electron chi connectivity index (χ1n) is 4.14. The van der Waals surface area contributed by atoms with Crippen molar-refractivity contribution in [2.45, 2.75) is 12.8 Å². The third-order valence-electron chi connectivity index (χ3n) is 1.84. The molecule has 0 bridgehead atoms. The minimum absolute atomic E-state index is 0.534. The molecule has 1 aromatic rings. The lowest BCUT2D eigenvalue weighted by molar-refractivity contribution is -0.107. The Balaban J connectivity index is 2.76. The molecule has 3 heteroatoms. The molecule has 0 aliphatic carbocycles. The summed E-state index contributed by atoms with van der Waals surface area (Å²) in [5, 5.41) is 0. The van der Waals surface area contributed by atoms with Gasteiger partial charge in [-0.3, -0.25) is 0 Å². The summed E-state index contributed by atoms with van der Waals surface area (Å²) in [4.78, 5) is 10.1. The summed E-state index contributed by atoms with van der Waals surface area (Å²) in [7, 11) is 1.58. The normalized spacial score (nSPS) is 9.62. The van der Waals surface area contributed by atoms with Crippen LogP contribution < -0.4 is 10.5 Å². The highest BCUT2D eigenvalue weighted by Crippen LogP contribution is 2.22. The van der Waals surface area contributed by atoms with Crippen LogP contribution in [0.2, 0.25) is 0 Å². The lowest BCUT2D eigenvalue weighted by Crippen LogP contribution is -1.94. The van der Waals surface area contributed by atoms with Gasteiger partial charge in [-0.25, -0.2) is 0 Å². The number of nitrogens with two attached hydrogens (primary N) is 1. The molecule has 0 atom stereocenters. The van der Waals surface area contributed by atoms with Gasteiger partial charge < -0.3 is 15.3 Å².